The smallest absolute Gasteiger partial charge is 0.140 e. The molecule has 3 rings (SSSR count). The first-order valence-corrected chi connectivity index (χ1v) is 9.42. The fraction of sp³-hybridized carbons (Fsp3) is 0.409. The second-order valence-corrected chi connectivity index (χ2v) is 7.35. The summed E-state index contributed by atoms with van der Waals surface area (Å²) in [5.74, 6) is 0.529. The topological polar surface area (TPSA) is 84.6 Å². The van der Waals surface area contributed by atoms with Crippen molar-refractivity contribution < 1.29 is 14.6 Å². The van der Waals surface area contributed by atoms with Crippen LogP contribution in [0.15, 0.2) is 54.6 Å². The summed E-state index contributed by atoms with van der Waals surface area (Å²) in [7, 11) is 0. The predicted molar refractivity (Wildman–Crippen MR) is 107 cm³/mol. The number of hydrogen-bond acceptors (Lipinski definition) is 5. The minimum absolute atomic E-state index is 0.103. The highest BCUT2D eigenvalue weighted by molar-refractivity contribution is 5.89. The van der Waals surface area contributed by atoms with Crippen molar-refractivity contribution >= 4 is 11.5 Å². The van der Waals surface area contributed by atoms with E-state index < -0.39 is 17.6 Å². The summed E-state index contributed by atoms with van der Waals surface area (Å²) < 4.78 is 6.20. The number of carbonyl (C=O) groups excluding carboxylic acids is 1. The summed E-state index contributed by atoms with van der Waals surface area (Å²) in [5.41, 5.74) is 6.70. The van der Waals surface area contributed by atoms with Gasteiger partial charge in [0, 0.05) is 18.2 Å². The van der Waals surface area contributed by atoms with Gasteiger partial charge in [-0.05, 0) is 56.6 Å². The van der Waals surface area contributed by atoms with Crippen LogP contribution in [0.5, 0.6) is 5.75 Å². The van der Waals surface area contributed by atoms with Crippen LogP contribution in [0.2, 0.25) is 0 Å². The van der Waals surface area contributed by atoms with Crippen molar-refractivity contribution in [2.45, 2.75) is 37.9 Å². The fourth-order valence-corrected chi connectivity index (χ4v) is 4.25. The molecule has 144 valence electrons. The first kappa shape index (κ1) is 19.4. The highest BCUT2D eigenvalue weighted by Gasteiger charge is 2.51. The summed E-state index contributed by atoms with van der Waals surface area (Å²) in [4.78, 5) is 13.0. The minimum atomic E-state index is -0.741. The van der Waals surface area contributed by atoms with E-state index in [9.17, 15) is 9.90 Å². The summed E-state index contributed by atoms with van der Waals surface area (Å²) in [6, 6.07) is 17.0. The van der Waals surface area contributed by atoms with Crippen LogP contribution in [-0.2, 0) is 10.2 Å². The molecule has 0 aromatic heterocycles. The number of ketones is 1. The predicted octanol–water partition coefficient (Wildman–Crippen LogP) is 2.53. The van der Waals surface area contributed by atoms with Crippen LogP contribution in [-0.4, -0.2) is 36.2 Å². The number of benzene rings is 2. The molecular formula is C22H28N2O3. The van der Waals surface area contributed by atoms with E-state index in [1.54, 1.807) is 38.1 Å². The van der Waals surface area contributed by atoms with Crippen molar-refractivity contribution in [2.24, 2.45) is 5.92 Å². The number of hydrogen-bond donors (Lipinski definition) is 3. The second-order valence-electron chi connectivity index (χ2n) is 7.35. The number of carbonyl (C=O) groups is 1. The zero-order chi connectivity index (χ0) is 19.4. The third kappa shape index (κ3) is 3.84. The molecular weight excluding hydrogens is 340 g/mol. The van der Waals surface area contributed by atoms with Crippen molar-refractivity contribution in [3.63, 3.8) is 0 Å². The molecule has 1 saturated heterocycles. The second kappa shape index (κ2) is 8.11. The Morgan fingerprint density at radius 3 is 2.48 bits per heavy atom. The largest absolute Gasteiger partial charge is 0.487 e. The van der Waals surface area contributed by atoms with Crippen molar-refractivity contribution in [2.75, 3.05) is 18.8 Å². The Bertz CT molecular complexity index is 761. The summed E-state index contributed by atoms with van der Waals surface area (Å²) in [6.07, 6.45) is -0.605. The molecule has 0 bridgehead atoms. The third-order valence-corrected chi connectivity index (χ3v) is 5.63. The van der Waals surface area contributed by atoms with Crippen molar-refractivity contribution in [1.29, 1.82) is 0 Å². The lowest BCUT2D eigenvalue weighted by Crippen LogP contribution is -2.59. The SMILES string of the molecule is CC(=O)C1(c2ccccc2)CCNCC1C(Oc1ccc(N)cc1)C(C)O. The molecule has 1 aliphatic heterocycles. The molecule has 0 radical (unpaired) electrons. The van der Waals surface area contributed by atoms with E-state index in [-0.39, 0.29) is 11.7 Å². The Morgan fingerprint density at radius 1 is 1.22 bits per heavy atom. The number of piperidine rings is 1. The van der Waals surface area contributed by atoms with E-state index >= 15 is 0 Å². The Hall–Kier alpha value is -2.37. The van der Waals surface area contributed by atoms with Crippen LogP contribution in [0, 0.1) is 5.92 Å². The molecule has 27 heavy (non-hydrogen) atoms. The van der Waals surface area contributed by atoms with Crippen LogP contribution in [0.1, 0.15) is 25.8 Å². The van der Waals surface area contributed by atoms with Gasteiger partial charge in [0.25, 0.3) is 0 Å². The molecule has 0 amide bonds. The molecule has 0 saturated carbocycles. The average Bonchev–Trinajstić information content (AvgIpc) is 2.67. The van der Waals surface area contributed by atoms with Crippen LogP contribution < -0.4 is 15.8 Å². The first-order valence-electron chi connectivity index (χ1n) is 9.42. The zero-order valence-corrected chi connectivity index (χ0v) is 15.9. The Morgan fingerprint density at radius 2 is 1.89 bits per heavy atom. The molecule has 1 fully saturated rings. The number of aliphatic hydroxyl groups excluding tert-OH is 1. The lowest BCUT2D eigenvalue weighted by molar-refractivity contribution is -0.129. The number of nitrogen functional groups attached to an aromatic ring is 1. The molecule has 5 heteroatoms. The Labute approximate surface area is 160 Å². The third-order valence-electron chi connectivity index (χ3n) is 5.63. The first-order chi connectivity index (χ1) is 12.9. The lowest BCUT2D eigenvalue weighted by Gasteiger charge is -2.47. The summed E-state index contributed by atoms with van der Waals surface area (Å²) >= 11 is 0. The van der Waals surface area contributed by atoms with E-state index in [2.05, 4.69) is 5.32 Å². The van der Waals surface area contributed by atoms with Crippen molar-refractivity contribution in [3.8, 4) is 5.75 Å². The summed E-state index contributed by atoms with van der Waals surface area (Å²) in [5, 5.41) is 13.9. The molecule has 1 aliphatic rings. The number of rotatable bonds is 6. The average molecular weight is 368 g/mol. The van der Waals surface area contributed by atoms with Gasteiger partial charge in [-0.15, -0.1) is 0 Å². The van der Waals surface area contributed by atoms with Crippen molar-refractivity contribution in [1.82, 2.24) is 5.32 Å². The maximum Gasteiger partial charge on any atom is 0.140 e. The van der Waals surface area contributed by atoms with Gasteiger partial charge in [0.2, 0.25) is 0 Å². The van der Waals surface area contributed by atoms with Gasteiger partial charge in [-0.2, -0.15) is 0 Å². The monoisotopic (exact) mass is 368 g/mol. The number of nitrogens with two attached hydrogens (primary N) is 1. The number of nitrogens with one attached hydrogen (secondary N) is 1. The van der Waals surface area contributed by atoms with Crippen LogP contribution in [0.25, 0.3) is 0 Å². The number of Topliss-reactive ketones (excluding diaryl/α,β-unsaturated/α-hetero) is 1. The zero-order valence-electron chi connectivity index (χ0n) is 15.9. The van der Waals surface area contributed by atoms with Crippen LogP contribution in [0.3, 0.4) is 0 Å². The van der Waals surface area contributed by atoms with E-state index in [1.165, 1.54) is 0 Å². The van der Waals surface area contributed by atoms with Gasteiger partial charge in [-0.3, -0.25) is 4.79 Å². The molecule has 4 atom stereocenters. The van der Waals surface area contributed by atoms with Crippen molar-refractivity contribution in [3.05, 3.63) is 60.2 Å². The van der Waals surface area contributed by atoms with Crippen LogP contribution in [0.4, 0.5) is 5.69 Å². The van der Waals surface area contributed by atoms with Gasteiger partial charge >= 0.3 is 0 Å². The van der Waals surface area contributed by atoms with Gasteiger partial charge in [0.1, 0.15) is 17.6 Å². The van der Waals surface area contributed by atoms with Gasteiger partial charge in [0.05, 0.1) is 11.5 Å². The fourth-order valence-electron chi connectivity index (χ4n) is 4.25. The standard InChI is InChI=1S/C22H28N2O3/c1-15(25)21(27-19-10-8-18(23)9-11-19)20-14-24-13-12-22(20,16(2)26)17-6-4-3-5-7-17/h3-11,15,20-21,24-25H,12-14,23H2,1-2H3. The molecule has 5 nitrogen and oxygen atoms in total. The molecule has 1 heterocycles. The Balaban J connectivity index is 2.02. The Kier molecular flexibility index (Phi) is 5.82. The normalized spacial score (nSPS) is 24.8. The quantitative estimate of drug-likeness (QED) is 0.683. The maximum atomic E-state index is 13.0. The van der Waals surface area contributed by atoms with Gasteiger partial charge in [-0.1, -0.05) is 30.3 Å². The maximum absolute atomic E-state index is 13.0. The molecule has 4 N–H and O–H groups in total. The molecule has 4 unspecified atom stereocenters. The molecule has 2 aromatic carbocycles. The van der Waals surface area contributed by atoms with E-state index in [4.69, 9.17) is 10.5 Å². The van der Waals surface area contributed by atoms with E-state index in [1.807, 2.05) is 30.3 Å². The number of anilines is 1. The van der Waals surface area contributed by atoms with Crippen LogP contribution >= 0.6 is 0 Å². The molecule has 0 spiro atoms. The highest BCUT2D eigenvalue weighted by Crippen LogP contribution is 2.42. The highest BCUT2D eigenvalue weighted by atomic mass is 16.5. The number of ether oxygens (including phenoxy) is 1. The van der Waals surface area contributed by atoms with E-state index in [0.717, 1.165) is 12.1 Å². The van der Waals surface area contributed by atoms with E-state index in [0.29, 0.717) is 24.4 Å². The van der Waals surface area contributed by atoms with Gasteiger partial charge in [0.15, 0.2) is 0 Å². The van der Waals surface area contributed by atoms with Gasteiger partial charge in [-0.25, -0.2) is 0 Å². The van der Waals surface area contributed by atoms with Gasteiger partial charge < -0.3 is 20.9 Å². The molecule has 0 aliphatic carbocycles. The minimum Gasteiger partial charge on any atom is -0.487 e. The number of aliphatic hydroxyl groups is 1. The molecule has 2 aromatic rings. The lowest BCUT2D eigenvalue weighted by atomic mass is 9.61. The summed E-state index contributed by atoms with van der Waals surface area (Å²) in [6.45, 7) is 4.71.